The fourth-order valence-electron chi connectivity index (χ4n) is 3.34. The quantitative estimate of drug-likeness (QED) is 0.602. The first kappa shape index (κ1) is 17.9. The Hall–Kier alpha value is -2.54. The van der Waals surface area contributed by atoms with Crippen molar-refractivity contribution in [3.63, 3.8) is 0 Å². The molecule has 7 heteroatoms. The molecule has 0 aliphatic carbocycles. The van der Waals surface area contributed by atoms with Gasteiger partial charge in [-0.25, -0.2) is 4.39 Å². The van der Waals surface area contributed by atoms with Gasteiger partial charge in [0.15, 0.2) is 0 Å². The molecule has 4 rings (SSSR count). The molecule has 2 aromatic carbocycles. The number of carbonyl (C=O) groups excluding carboxylic acids is 1. The number of halogens is 2. The van der Waals surface area contributed by atoms with Crippen LogP contribution in [-0.2, 0) is 4.79 Å². The molecule has 0 saturated carbocycles. The summed E-state index contributed by atoms with van der Waals surface area (Å²) >= 11 is 3.16. The molecular weight excluding hydrogens is 413 g/mol. The van der Waals surface area contributed by atoms with Crippen LogP contribution >= 0.6 is 15.9 Å². The third-order valence-electron chi connectivity index (χ3n) is 4.88. The minimum Gasteiger partial charge on any atom is -0.339 e. The number of rotatable bonds is 4. The highest BCUT2D eigenvalue weighted by atomic mass is 79.9. The van der Waals surface area contributed by atoms with Gasteiger partial charge >= 0.3 is 0 Å². The molecule has 0 N–H and O–H groups in total. The SMILES string of the molecule is CC(c1ccccc1)N1CC(c2nc(-c3ccc(F)c(Br)c3)no2)CC1=O. The lowest BCUT2D eigenvalue weighted by Gasteiger charge is -2.24. The highest BCUT2D eigenvalue weighted by Gasteiger charge is 2.37. The maximum Gasteiger partial charge on any atom is 0.232 e. The van der Waals surface area contributed by atoms with Crippen LogP contribution < -0.4 is 0 Å². The first-order chi connectivity index (χ1) is 13.0. The topological polar surface area (TPSA) is 59.2 Å². The van der Waals surface area contributed by atoms with Crippen molar-refractivity contribution in [3.8, 4) is 11.4 Å². The van der Waals surface area contributed by atoms with E-state index in [2.05, 4.69) is 26.1 Å². The normalized spacial score (nSPS) is 18.1. The van der Waals surface area contributed by atoms with Crippen LogP contribution in [0.4, 0.5) is 4.39 Å². The van der Waals surface area contributed by atoms with Crippen LogP contribution in [0, 0.1) is 5.82 Å². The molecule has 0 radical (unpaired) electrons. The smallest absolute Gasteiger partial charge is 0.232 e. The Morgan fingerprint density at radius 3 is 2.78 bits per heavy atom. The number of hydrogen-bond acceptors (Lipinski definition) is 4. The number of hydrogen-bond donors (Lipinski definition) is 0. The van der Waals surface area contributed by atoms with Gasteiger partial charge in [0, 0.05) is 18.5 Å². The average molecular weight is 430 g/mol. The monoisotopic (exact) mass is 429 g/mol. The molecule has 1 amide bonds. The summed E-state index contributed by atoms with van der Waals surface area (Å²) in [5, 5.41) is 4.00. The van der Waals surface area contributed by atoms with E-state index in [0.717, 1.165) is 5.56 Å². The van der Waals surface area contributed by atoms with Gasteiger partial charge in [-0.3, -0.25) is 4.79 Å². The van der Waals surface area contributed by atoms with Gasteiger partial charge in [-0.15, -0.1) is 0 Å². The van der Waals surface area contributed by atoms with Crippen molar-refractivity contribution >= 4 is 21.8 Å². The summed E-state index contributed by atoms with van der Waals surface area (Å²) in [5.41, 5.74) is 1.74. The van der Waals surface area contributed by atoms with Gasteiger partial charge in [0.2, 0.25) is 17.6 Å². The number of nitrogens with zero attached hydrogens (tertiary/aromatic N) is 3. The third-order valence-corrected chi connectivity index (χ3v) is 5.48. The Kier molecular flexibility index (Phi) is 4.78. The highest BCUT2D eigenvalue weighted by molar-refractivity contribution is 9.10. The Morgan fingerprint density at radius 1 is 1.26 bits per heavy atom. The van der Waals surface area contributed by atoms with Gasteiger partial charge in [0.25, 0.3) is 0 Å². The molecule has 2 atom stereocenters. The second-order valence-corrected chi connectivity index (χ2v) is 7.47. The van der Waals surface area contributed by atoms with Gasteiger partial charge < -0.3 is 9.42 Å². The fourth-order valence-corrected chi connectivity index (χ4v) is 3.72. The molecule has 27 heavy (non-hydrogen) atoms. The van der Waals surface area contributed by atoms with E-state index in [-0.39, 0.29) is 23.7 Å². The van der Waals surface area contributed by atoms with Crippen molar-refractivity contribution in [1.29, 1.82) is 0 Å². The number of aromatic nitrogens is 2. The van der Waals surface area contributed by atoms with Crippen LogP contribution in [0.25, 0.3) is 11.4 Å². The predicted molar refractivity (Wildman–Crippen MR) is 101 cm³/mol. The average Bonchev–Trinajstić information content (AvgIpc) is 3.31. The lowest BCUT2D eigenvalue weighted by molar-refractivity contribution is -0.129. The Labute approximate surface area is 164 Å². The van der Waals surface area contributed by atoms with Crippen molar-refractivity contribution in [2.45, 2.75) is 25.3 Å². The lowest BCUT2D eigenvalue weighted by Crippen LogP contribution is -2.28. The van der Waals surface area contributed by atoms with Crippen molar-refractivity contribution in [1.82, 2.24) is 15.0 Å². The molecule has 138 valence electrons. The van der Waals surface area contributed by atoms with Gasteiger partial charge in [-0.05, 0) is 46.6 Å². The molecule has 2 unspecified atom stereocenters. The van der Waals surface area contributed by atoms with E-state index in [0.29, 0.717) is 34.7 Å². The second-order valence-electron chi connectivity index (χ2n) is 6.62. The van der Waals surface area contributed by atoms with Crippen molar-refractivity contribution in [3.05, 3.63) is 70.3 Å². The van der Waals surface area contributed by atoms with Crippen molar-refractivity contribution in [2.75, 3.05) is 6.54 Å². The van der Waals surface area contributed by atoms with Crippen LogP contribution in [0.15, 0.2) is 57.5 Å². The zero-order valence-electron chi connectivity index (χ0n) is 14.6. The largest absolute Gasteiger partial charge is 0.339 e. The van der Waals surface area contributed by atoms with E-state index in [1.54, 1.807) is 12.1 Å². The first-order valence-corrected chi connectivity index (χ1v) is 9.45. The maximum atomic E-state index is 13.4. The molecule has 1 fully saturated rings. The van der Waals surface area contributed by atoms with Gasteiger partial charge in [0.05, 0.1) is 16.4 Å². The minimum absolute atomic E-state index is 0.0147. The third kappa shape index (κ3) is 3.51. The maximum absolute atomic E-state index is 13.4. The summed E-state index contributed by atoms with van der Waals surface area (Å²) in [7, 11) is 0. The zero-order chi connectivity index (χ0) is 19.0. The van der Waals surface area contributed by atoms with Crippen LogP contribution in [0.2, 0.25) is 0 Å². The zero-order valence-corrected chi connectivity index (χ0v) is 16.2. The van der Waals surface area contributed by atoms with E-state index in [1.165, 1.54) is 6.07 Å². The van der Waals surface area contributed by atoms with Gasteiger partial charge in [-0.1, -0.05) is 35.5 Å². The van der Waals surface area contributed by atoms with E-state index < -0.39 is 0 Å². The summed E-state index contributed by atoms with van der Waals surface area (Å²) in [6.45, 7) is 2.55. The van der Waals surface area contributed by atoms with Crippen LogP contribution in [0.5, 0.6) is 0 Å². The molecule has 3 aromatic rings. The van der Waals surface area contributed by atoms with E-state index >= 15 is 0 Å². The van der Waals surface area contributed by atoms with Crippen molar-refractivity contribution in [2.24, 2.45) is 0 Å². The molecule has 1 aliphatic rings. The summed E-state index contributed by atoms with van der Waals surface area (Å²) in [6, 6.07) is 14.5. The predicted octanol–water partition coefficient (Wildman–Crippen LogP) is 4.72. The molecule has 0 spiro atoms. The number of carbonyl (C=O) groups is 1. The van der Waals surface area contributed by atoms with Gasteiger partial charge in [0.1, 0.15) is 5.82 Å². The molecule has 1 aromatic heterocycles. The summed E-state index contributed by atoms with van der Waals surface area (Å²) < 4.78 is 19.2. The lowest BCUT2D eigenvalue weighted by atomic mass is 10.1. The fraction of sp³-hybridized carbons (Fsp3) is 0.250. The summed E-state index contributed by atoms with van der Waals surface area (Å²) in [6.07, 6.45) is 0.339. The van der Waals surface area contributed by atoms with Crippen LogP contribution in [0.3, 0.4) is 0 Å². The Bertz CT molecular complexity index is 976. The molecule has 2 heterocycles. The number of likely N-dealkylation sites (tertiary alicyclic amines) is 1. The molecule has 1 aliphatic heterocycles. The Balaban J connectivity index is 1.53. The summed E-state index contributed by atoms with van der Waals surface area (Å²) in [5.74, 6) is 0.387. The number of amides is 1. The van der Waals surface area contributed by atoms with E-state index in [9.17, 15) is 9.18 Å². The number of benzene rings is 2. The molecule has 5 nitrogen and oxygen atoms in total. The molecule has 0 bridgehead atoms. The highest BCUT2D eigenvalue weighted by Crippen LogP contribution is 2.34. The standard InChI is InChI=1S/C20H17BrFN3O2/c1-12(13-5-3-2-4-6-13)25-11-15(10-18(25)26)20-23-19(24-27-20)14-7-8-17(22)16(21)9-14/h2-9,12,15H,10-11H2,1H3. The van der Waals surface area contributed by atoms with Gasteiger partial charge in [-0.2, -0.15) is 4.98 Å². The minimum atomic E-state index is -0.352. The van der Waals surface area contributed by atoms with Crippen LogP contribution in [0.1, 0.15) is 36.8 Å². The van der Waals surface area contributed by atoms with E-state index in [1.807, 2.05) is 42.2 Å². The van der Waals surface area contributed by atoms with Crippen LogP contribution in [-0.4, -0.2) is 27.5 Å². The first-order valence-electron chi connectivity index (χ1n) is 8.66. The summed E-state index contributed by atoms with van der Waals surface area (Å²) in [4.78, 5) is 18.8. The molecular formula is C20H17BrFN3O2. The molecule has 1 saturated heterocycles. The Morgan fingerprint density at radius 2 is 2.04 bits per heavy atom. The van der Waals surface area contributed by atoms with E-state index in [4.69, 9.17) is 4.52 Å². The van der Waals surface area contributed by atoms with Crippen molar-refractivity contribution < 1.29 is 13.7 Å². The second kappa shape index (κ2) is 7.23.